The van der Waals surface area contributed by atoms with E-state index in [2.05, 4.69) is 77.3 Å². The number of hydrogen-bond donors (Lipinski definition) is 1. The molecule has 0 aliphatic carbocycles. The fraction of sp³-hybridized carbons (Fsp3) is 0.375. The van der Waals surface area contributed by atoms with Gasteiger partial charge in [-0.2, -0.15) is 5.10 Å². The van der Waals surface area contributed by atoms with Gasteiger partial charge in [-0.1, -0.05) is 43.2 Å². The molecule has 3 aromatic rings. The summed E-state index contributed by atoms with van der Waals surface area (Å²) < 4.78 is 2.14. The summed E-state index contributed by atoms with van der Waals surface area (Å²) in [6.07, 6.45) is 5.35. The first-order chi connectivity index (χ1) is 13.7. The van der Waals surface area contributed by atoms with Crippen molar-refractivity contribution in [2.45, 2.75) is 45.7 Å². The second-order valence-corrected chi connectivity index (χ2v) is 8.15. The standard InChI is InChI=1S/C24H28N4/c1-17-8-7-9-21-22-16-18(2)26-28(22)24(25-23(17)21)19-10-12-20(13-11-19)27-14-5-3-4-6-15-27/h7-13,16,24-25H,3-6,14-15H2,1-2H3. The topological polar surface area (TPSA) is 33.1 Å². The number of rotatable bonds is 2. The van der Waals surface area contributed by atoms with Crippen LogP contribution in [0.2, 0.25) is 0 Å². The fourth-order valence-corrected chi connectivity index (χ4v) is 4.61. The molecule has 0 amide bonds. The molecule has 144 valence electrons. The third kappa shape index (κ3) is 2.97. The Balaban J connectivity index is 1.50. The molecule has 0 radical (unpaired) electrons. The normalized spacial score (nSPS) is 18.8. The SMILES string of the molecule is Cc1cc2n(n1)C(c1ccc(N3CCCCCC3)cc1)Nc1c(C)cccc1-2. The number of aryl methyl sites for hydroxylation is 2. The summed E-state index contributed by atoms with van der Waals surface area (Å²) in [5.74, 6) is 0. The Bertz CT molecular complexity index is 978. The van der Waals surface area contributed by atoms with Gasteiger partial charge < -0.3 is 10.2 Å². The van der Waals surface area contributed by atoms with Gasteiger partial charge in [0.05, 0.1) is 11.4 Å². The second kappa shape index (κ2) is 7.01. The number of aromatic nitrogens is 2. The van der Waals surface area contributed by atoms with Gasteiger partial charge in [-0.3, -0.25) is 0 Å². The quantitative estimate of drug-likeness (QED) is 0.643. The van der Waals surface area contributed by atoms with Crippen molar-refractivity contribution in [1.82, 2.24) is 9.78 Å². The second-order valence-electron chi connectivity index (χ2n) is 8.15. The highest BCUT2D eigenvalue weighted by Gasteiger charge is 2.27. The molecule has 1 saturated heterocycles. The van der Waals surface area contributed by atoms with Gasteiger partial charge in [0.1, 0.15) is 6.17 Å². The Hall–Kier alpha value is -2.75. The summed E-state index contributed by atoms with van der Waals surface area (Å²) in [6, 6.07) is 17.8. The van der Waals surface area contributed by atoms with E-state index < -0.39 is 0 Å². The predicted molar refractivity (Wildman–Crippen MR) is 116 cm³/mol. The number of nitrogens with zero attached hydrogens (tertiary/aromatic N) is 3. The van der Waals surface area contributed by atoms with Crippen LogP contribution in [0, 0.1) is 13.8 Å². The maximum atomic E-state index is 4.81. The van der Waals surface area contributed by atoms with Crippen LogP contribution >= 0.6 is 0 Å². The van der Waals surface area contributed by atoms with E-state index in [1.165, 1.54) is 72.5 Å². The molecule has 2 aliphatic heterocycles. The van der Waals surface area contributed by atoms with Crippen molar-refractivity contribution in [3.8, 4) is 11.3 Å². The molecule has 0 bridgehead atoms. The Kier molecular flexibility index (Phi) is 4.34. The van der Waals surface area contributed by atoms with Gasteiger partial charge in [0, 0.05) is 30.0 Å². The molecule has 5 rings (SSSR count). The molecule has 4 heteroatoms. The molecule has 4 nitrogen and oxygen atoms in total. The number of anilines is 2. The van der Waals surface area contributed by atoms with E-state index in [0.29, 0.717) is 0 Å². The summed E-state index contributed by atoms with van der Waals surface area (Å²) in [6.45, 7) is 6.59. The largest absolute Gasteiger partial charge is 0.372 e. The van der Waals surface area contributed by atoms with Gasteiger partial charge in [-0.05, 0) is 56.0 Å². The molecular weight excluding hydrogens is 344 g/mol. The van der Waals surface area contributed by atoms with Crippen LogP contribution in [-0.4, -0.2) is 22.9 Å². The molecule has 1 unspecified atom stereocenters. The first kappa shape index (κ1) is 17.4. The summed E-state index contributed by atoms with van der Waals surface area (Å²) in [7, 11) is 0. The monoisotopic (exact) mass is 372 g/mol. The highest BCUT2D eigenvalue weighted by Crippen LogP contribution is 2.40. The fourth-order valence-electron chi connectivity index (χ4n) is 4.61. The Labute approximate surface area is 167 Å². The lowest BCUT2D eigenvalue weighted by molar-refractivity contribution is 0.570. The van der Waals surface area contributed by atoms with Crippen molar-refractivity contribution < 1.29 is 0 Å². The molecule has 1 fully saturated rings. The van der Waals surface area contributed by atoms with Gasteiger partial charge in [-0.15, -0.1) is 0 Å². The maximum Gasteiger partial charge on any atom is 0.147 e. The van der Waals surface area contributed by atoms with Crippen LogP contribution in [0.1, 0.15) is 48.7 Å². The molecule has 2 aliphatic rings. The zero-order valence-electron chi connectivity index (χ0n) is 16.8. The summed E-state index contributed by atoms with van der Waals surface area (Å²) >= 11 is 0. The molecule has 0 saturated carbocycles. The molecule has 0 spiro atoms. The van der Waals surface area contributed by atoms with Gasteiger partial charge in [0.25, 0.3) is 0 Å². The number of hydrogen-bond acceptors (Lipinski definition) is 3. The van der Waals surface area contributed by atoms with Crippen LogP contribution in [0.25, 0.3) is 11.3 Å². The summed E-state index contributed by atoms with van der Waals surface area (Å²) in [5, 5.41) is 8.55. The van der Waals surface area contributed by atoms with Gasteiger partial charge in [0.15, 0.2) is 0 Å². The van der Waals surface area contributed by atoms with Crippen molar-refractivity contribution in [1.29, 1.82) is 0 Å². The van der Waals surface area contributed by atoms with Crippen LogP contribution in [0.15, 0.2) is 48.5 Å². The first-order valence-electron chi connectivity index (χ1n) is 10.5. The van der Waals surface area contributed by atoms with E-state index in [0.717, 1.165) is 5.69 Å². The molecule has 28 heavy (non-hydrogen) atoms. The lowest BCUT2D eigenvalue weighted by Gasteiger charge is -2.31. The van der Waals surface area contributed by atoms with Crippen molar-refractivity contribution >= 4 is 11.4 Å². The highest BCUT2D eigenvalue weighted by atomic mass is 15.4. The third-order valence-electron chi connectivity index (χ3n) is 6.11. The van der Waals surface area contributed by atoms with Crippen LogP contribution < -0.4 is 10.2 Å². The van der Waals surface area contributed by atoms with Crippen molar-refractivity contribution in [2.75, 3.05) is 23.3 Å². The van der Waals surface area contributed by atoms with Crippen LogP contribution in [0.4, 0.5) is 11.4 Å². The molecule has 1 N–H and O–H groups in total. The van der Waals surface area contributed by atoms with E-state index in [9.17, 15) is 0 Å². The smallest absolute Gasteiger partial charge is 0.147 e. The van der Waals surface area contributed by atoms with Gasteiger partial charge in [0.2, 0.25) is 0 Å². The summed E-state index contributed by atoms with van der Waals surface area (Å²) in [5.41, 5.74) is 8.56. The average molecular weight is 373 g/mol. The van der Waals surface area contributed by atoms with E-state index in [-0.39, 0.29) is 6.17 Å². The molecule has 1 atom stereocenters. The third-order valence-corrected chi connectivity index (χ3v) is 6.11. The minimum atomic E-state index is 0.0236. The average Bonchev–Trinajstić information content (AvgIpc) is 2.92. The number of benzene rings is 2. The zero-order valence-corrected chi connectivity index (χ0v) is 16.8. The van der Waals surface area contributed by atoms with E-state index in [1.807, 2.05) is 0 Å². The lowest BCUT2D eigenvalue weighted by Crippen LogP contribution is -2.27. The number of para-hydroxylation sites is 1. The minimum Gasteiger partial charge on any atom is -0.372 e. The van der Waals surface area contributed by atoms with Gasteiger partial charge >= 0.3 is 0 Å². The van der Waals surface area contributed by atoms with Crippen LogP contribution in [0.3, 0.4) is 0 Å². The molecular formula is C24H28N4. The summed E-state index contributed by atoms with van der Waals surface area (Å²) in [4.78, 5) is 2.54. The van der Waals surface area contributed by atoms with E-state index in [1.54, 1.807) is 0 Å². The van der Waals surface area contributed by atoms with Crippen LogP contribution in [-0.2, 0) is 0 Å². The van der Waals surface area contributed by atoms with Crippen LogP contribution in [0.5, 0.6) is 0 Å². The first-order valence-corrected chi connectivity index (χ1v) is 10.5. The van der Waals surface area contributed by atoms with Crippen molar-refractivity contribution in [3.63, 3.8) is 0 Å². The molecule has 2 aromatic carbocycles. The van der Waals surface area contributed by atoms with E-state index in [4.69, 9.17) is 5.10 Å². The Morgan fingerprint density at radius 3 is 2.43 bits per heavy atom. The zero-order chi connectivity index (χ0) is 19.1. The lowest BCUT2D eigenvalue weighted by atomic mass is 10.0. The Morgan fingerprint density at radius 1 is 0.929 bits per heavy atom. The maximum absolute atomic E-state index is 4.81. The molecule has 1 aromatic heterocycles. The van der Waals surface area contributed by atoms with E-state index >= 15 is 0 Å². The van der Waals surface area contributed by atoms with Crippen molar-refractivity contribution in [2.24, 2.45) is 0 Å². The minimum absolute atomic E-state index is 0.0236. The van der Waals surface area contributed by atoms with Gasteiger partial charge in [-0.25, -0.2) is 4.68 Å². The number of nitrogens with one attached hydrogen (secondary N) is 1. The highest BCUT2D eigenvalue weighted by molar-refractivity contribution is 5.81. The van der Waals surface area contributed by atoms with Crippen molar-refractivity contribution in [3.05, 3.63) is 65.4 Å². The number of fused-ring (bicyclic) bond motifs is 3. The molecule has 3 heterocycles. The predicted octanol–water partition coefficient (Wildman–Crippen LogP) is 5.52. The Morgan fingerprint density at radius 2 is 1.68 bits per heavy atom.